The highest BCUT2D eigenvalue weighted by Crippen LogP contribution is 2.27. The first-order valence-electron chi connectivity index (χ1n) is 4.48. The molecule has 0 amide bonds. The standard InChI is InChI=1S/C9H16O2S/c1-11-6-2-4-8(10)9-5-3-7-12-9/h9H,2-7H2,1H3. The first kappa shape index (κ1) is 10.1. The van der Waals surface area contributed by atoms with Crippen molar-refractivity contribution in [3.8, 4) is 0 Å². The SMILES string of the molecule is COCCCC(=O)C1CCCS1. The van der Waals surface area contributed by atoms with E-state index in [2.05, 4.69) is 0 Å². The lowest BCUT2D eigenvalue weighted by Crippen LogP contribution is -2.13. The van der Waals surface area contributed by atoms with Gasteiger partial charge >= 0.3 is 0 Å². The van der Waals surface area contributed by atoms with Crippen LogP contribution in [0.15, 0.2) is 0 Å². The molecule has 1 rings (SSSR count). The number of carbonyl (C=O) groups excluding carboxylic acids is 1. The molecule has 0 aromatic rings. The van der Waals surface area contributed by atoms with Crippen LogP contribution in [0.1, 0.15) is 25.7 Å². The highest BCUT2D eigenvalue weighted by atomic mass is 32.2. The summed E-state index contributed by atoms with van der Waals surface area (Å²) in [5.74, 6) is 1.59. The molecule has 0 spiro atoms. The lowest BCUT2D eigenvalue weighted by molar-refractivity contribution is -0.118. The molecule has 12 heavy (non-hydrogen) atoms. The van der Waals surface area contributed by atoms with Crippen molar-refractivity contribution in [1.29, 1.82) is 0 Å². The van der Waals surface area contributed by atoms with E-state index in [1.807, 2.05) is 11.8 Å². The van der Waals surface area contributed by atoms with Crippen molar-refractivity contribution in [2.75, 3.05) is 19.5 Å². The van der Waals surface area contributed by atoms with E-state index in [9.17, 15) is 4.79 Å². The zero-order valence-corrected chi connectivity index (χ0v) is 8.36. The average molecular weight is 188 g/mol. The lowest BCUT2D eigenvalue weighted by atomic mass is 10.1. The fourth-order valence-electron chi connectivity index (χ4n) is 1.38. The molecule has 0 aliphatic carbocycles. The molecule has 1 aliphatic heterocycles. The van der Waals surface area contributed by atoms with Crippen molar-refractivity contribution >= 4 is 17.5 Å². The number of Topliss-reactive ketones (excluding diaryl/α,β-unsaturated/α-hetero) is 1. The van der Waals surface area contributed by atoms with E-state index in [1.54, 1.807) is 7.11 Å². The maximum absolute atomic E-state index is 11.4. The quantitative estimate of drug-likeness (QED) is 0.616. The molecule has 70 valence electrons. The molecule has 0 N–H and O–H groups in total. The van der Waals surface area contributed by atoms with Gasteiger partial charge in [-0.3, -0.25) is 4.79 Å². The van der Waals surface area contributed by atoms with Gasteiger partial charge in [0.15, 0.2) is 0 Å². The smallest absolute Gasteiger partial charge is 0.145 e. The van der Waals surface area contributed by atoms with Gasteiger partial charge in [-0.2, -0.15) is 11.8 Å². The zero-order valence-electron chi connectivity index (χ0n) is 7.54. The molecule has 0 bridgehead atoms. The molecule has 1 aliphatic rings. The molecule has 1 fully saturated rings. The Morgan fingerprint density at radius 3 is 3.08 bits per heavy atom. The van der Waals surface area contributed by atoms with Crippen molar-refractivity contribution in [2.45, 2.75) is 30.9 Å². The largest absolute Gasteiger partial charge is 0.385 e. The summed E-state index contributed by atoms with van der Waals surface area (Å²) in [6.07, 6.45) is 3.89. The van der Waals surface area contributed by atoms with Crippen molar-refractivity contribution in [3.63, 3.8) is 0 Å². The molecule has 0 aromatic heterocycles. The fraction of sp³-hybridized carbons (Fsp3) is 0.889. The normalized spacial score (nSPS) is 22.9. The Morgan fingerprint density at radius 1 is 1.67 bits per heavy atom. The summed E-state index contributed by atoms with van der Waals surface area (Å²) in [5, 5.41) is 0.307. The number of hydrogen-bond acceptors (Lipinski definition) is 3. The highest BCUT2D eigenvalue weighted by Gasteiger charge is 2.22. The molecule has 3 heteroatoms. The van der Waals surface area contributed by atoms with E-state index in [4.69, 9.17) is 4.74 Å². The van der Waals surface area contributed by atoms with Gasteiger partial charge in [0.2, 0.25) is 0 Å². The number of ether oxygens (including phenoxy) is 1. The number of carbonyl (C=O) groups is 1. The highest BCUT2D eigenvalue weighted by molar-refractivity contribution is 8.00. The summed E-state index contributed by atoms with van der Waals surface area (Å²) in [4.78, 5) is 11.4. The molecule has 2 nitrogen and oxygen atoms in total. The number of rotatable bonds is 5. The van der Waals surface area contributed by atoms with Gasteiger partial charge in [-0.05, 0) is 25.0 Å². The van der Waals surface area contributed by atoms with E-state index in [1.165, 1.54) is 12.2 Å². The third-order valence-electron chi connectivity index (χ3n) is 2.06. The van der Waals surface area contributed by atoms with Crippen molar-refractivity contribution < 1.29 is 9.53 Å². The lowest BCUT2D eigenvalue weighted by Gasteiger charge is -2.05. The first-order valence-corrected chi connectivity index (χ1v) is 5.52. The summed E-state index contributed by atoms with van der Waals surface area (Å²) in [6.45, 7) is 0.711. The van der Waals surface area contributed by atoms with Crippen LogP contribution in [0, 0.1) is 0 Å². The molecule has 1 heterocycles. The van der Waals surface area contributed by atoms with Crippen LogP contribution in [0.5, 0.6) is 0 Å². The Kier molecular flexibility index (Phi) is 4.69. The summed E-state index contributed by atoms with van der Waals surface area (Å²) < 4.78 is 4.90. The van der Waals surface area contributed by atoms with E-state index in [-0.39, 0.29) is 0 Å². The van der Waals surface area contributed by atoms with Crippen LogP contribution in [0.3, 0.4) is 0 Å². The second-order valence-electron chi connectivity index (χ2n) is 3.06. The fourth-order valence-corrected chi connectivity index (χ4v) is 2.64. The molecular formula is C9H16O2S. The van der Waals surface area contributed by atoms with Gasteiger partial charge in [-0.1, -0.05) is 0 Å². The Labute approximate surface area is 78.1 Å². The summed E-state index contributed by atoms with van der Waals surface area (Å²) in [7, 11) is 1.68. The Balaban J connectivity index is 2.10. The van der Waals surface area contributed by atoms with Gasteiger partial charge in [-0.25, -0.2) is 0 Å². The van der Waals surface area contributed by atoms with Crippen molar-refractivity contribution in [2.24, 2.45) is 0 Å². The number of methoxy groups -OCH3 is 1. The molecule has 1 saturated heterocycles. The van der Waals surface area contributed by atoms with Crippen molar-refractivity contribution in [1.82, 2.24) is 0 Å². The summed E-state index contributed by atoms with van der Waals surface area (Å²) in [5.41, 5.74) is 0. The average Bonchev–Trinajstić information content (AvgIpc) is 2.56. The Bertz CT molecular complexity index is 141. The summed E-state index contributed by atoms with van der Waals surface area (Å²) in [6, 6.07) is 0. The second-order valence-corrected chi connectivity index (χ2v) is 4.37. The zero-order chi connectivity index (χ0) is 8.81. The monoisotopic (exact) mass is 188 g/mol. The predicted octanol–water partition coefficient (Wildman–Crippen LogP) is 1.88. The molecule has 1 atom stereocenters. The molecule has 1 unspecified atom stereocenters. The second kappa shape index (κ2) is 5.60. The minimum Gasteiger partial charge on any atom is -0.385 e. The molecule has 0 aromatic carbocycles. The summed E-state index contributed by atoms with van der Waals surface area (Å²) >= 11 is 1.82. The molecular weight excluding hydrogens is 172 g/mol. The van der Waals surface area contributed by atoms with Crippen molar-refractivity contribution in [3.05, 3.63) is 0 Å². The topological polar surface area (TPSA) is 26.3 Å². The van der Waals surface area contributed by atoms with Crippen LogP contribution >= 0.6 is 11.8 Å². The number of thioether (sulfide) groups is 1. The van der Waals surface area contributed by atoms with Gasteiger partial charge in [0.05, 0.1) is 5.25 Å². The Hall–Kier alpha value is -0.0200. The van der Waals surface area contributed by atoms with Crippen LogP contribution in [0.4, 0.5) is 0 Å². The van der Waals surface area contributed by atoms with Gasteiger partial charge < -0.3 is 4.74 Å². The van der Waals surface area contributed by atoms with E-state index in [0.29, 0.717) is 24.1 Å². The maximum Gasteiger partial charge on any atom is 0.145 e. The minimum absolute atomic E-state index is 0.307. The van der Waals surface area contributed by atoms with Gasteiger partial charge in [0.1, 0.15) is 5.78 Å². The number of ketones is 1. The van der Waals surface area contributed by atoms with Crippen LogP contribution in [0.2, 0.25) is 0 Å². The van der Waals surface area contributed by atoms with Gasteiger partial charge in [0.25, 0.3) is 0 Å². The van der Waals surface area contributed by atoms with Gasteiger partial charge in [0, 0.05) is 20.1 Å². The first-order chi connectivity index (χ1) is 5.84. The van der Waals surface area contributed by atoms with E-state index < -0.39 is 0 Å². The number of hydrogen-bond donors (Lipinski definition) is 0. The molecule has 0 radical (unpaired) electrons. The van der Waals surface area contributed by atoms with Crippen LogP contribution in [-0.4, -0.2) is 30.5 Å². The predicted molar refractivity (Wildman–Crippen MR) is 51.6 cm³/mol. The third-order valence-corrected chi connectivity index (χ3v) is 3.49. The van der Waals surface area contributed by atoms with E-state index in [0.717, 1.165) is 12.8 Å². The Morgan fingerprint density at radius 2 is 2.50 bits per heavy atom. The van der Waals surface area contributed by atoms with Crippen LogP contribution in [0.25, 0.3) is 0 Å². The third kappa shape index (κ3) is 3.15. The minimum atomic E-state index is 0.307. The molecule has 0 saturated carbocycles. The van der Waals surface area contributed by atoms with E-state index >= 15 is 0 Å². The van der Waals surface area contributed by atoms with Crippen LogP contribution in [-0.2, 0) is 9.53 Å². The van der Waals surface area contributed by atoms with Crippen LogP contribution < -0.4 is 0 Å². The van der Waals surface area contributed by atoms with Gasteiger partial charge in [-0.15, -0.1) is 0 Å². The maximum atomic E-state index is 11.4.